The minimum Gasteiger partial charge on any atom is -0.496 e. The second kappa shape index (κ2) is 8.86. The highest BCUT2D eigenvalue weighted by molar-refractivity contribution is 7.12. The van der Waals surface area contributed by atoms with Crippen LogP contribution in [-0.4, -0.2) is 12.1 Å². The van der Waals surface area contributed by atoms with Crippen molar-refractivity contribution >= 4 is 22.9 Å². The molecular weight excluding hydrogens is 443 g/mol. The van der Waals surface area contributed by atoms with Crippen molar-refractivity contribution in [3.8, 4) is 29.4 Å². The van der Waals surface area contributed by atoms with E-state index in [4.69, 9.17) is 33.5 Å². The molecule has 0 saturated heterocycles. The van der Waals surface area contributed by atoms with Crippen LogP contribution in [0.3, 0.4) is 0 Å². The number of benzene rings is 2. The van der Waals surface area contributed by atoms with Gasteiger partial charge in [-0.3, -0.25) is 0 Å². The van der Waals surface area contributed by atoms with Gasteiger partial charge in [-0.25, -0.2) is 9.37 Å². The van der Waals surface area contributed by atoms with E-state index < -0.39 is 5.54 Å². The summed E-state index contributed by atoms with van der Waals surface area (Å²) in [5, 5.41) is 1.23. The van der Waals surface area contributed by atoms with E-state index >= 15 is 0 Å². The molecule has 32 heavy (non-hydrogen) atoms. The number of ether oxygens (including phenoxy) is 1. The Hall–Kier alpha value is -2.39. The van der Waals surface area contributed by atoms with Crippen molar-refractivity contribution in [2.75, 3.05) is 7.11 Å². The van der Waals surface area contributed by atoms with Gasteiger partial charge in [-0.2, -0.15) is 0 Å². The van der Waals surface area contributed by atoms with Gasteiger partial charge in [0.25, 0.3) is 0 Å². The van der Waals surface area contributed by atoms with Gasteiger partial charge in [-0.05, 0) is 61.6 Å². The SMILES string of the molecule is C#CC(N)(c1nc(-c2cc(C)c(OC)cc2Cl)c(C)s1)[C@@H](CC1CC1)c1ccc(F)cc1. The summed E-state index contributed by atoms with van der Waals surface area (Å²) in [6.07, 6.45) is 9.25. The summed E-state index contributed by atoms with van der Waals surface area (Å²) in [6, 6.07) is 10.3. The van der Waals surface area contributed by atoms with Crippen LogP contribution >= 0.6 is 22.9 Å². The third-order valence-electron chi connectivity index (χ3n) is 6.22. The monoisotopic (exact) mass is 468 g/mol. The smallest absolute Gasteiger partial charge is 0.136 e. The second-order valence-corrected chi connectivity index (χ2v) is 10.1. The molecule has 1 aromatic heterocycles. The van der Waals surface area contributed by atoms with Crippen molar-refractivity contribution in [1.29, 1.82) is 0 Å². The van der Waals surface area contributed by atoms with Gasteiger partial charge in [0.05, 0.1) is 17.8 Å². The zero-order chi connectivity index (χ0) is 23.0. The van der Waals surface area contributed by atoms with Crippen molar-refractivity contribution in [3.05, 3.63) is 68.2 Å². The molecule has 1 heterocycles. The fourth-order valence-electron chi connectivity index (χ4n) is 4.17. The van der Waals surface area contributed by atoms with E-state index in [1.54, 1.807) is 25.3 Å². The lowest BCUT2D eigenvalue weighted by Crippen LogP contribution is -2.41. The molecule has 1 aliphatic rings. The summed E-state index contributed by atoms with van der Waals surface area (Å²) in [4.78, 5) is 5.91. The quantitative estimate of drug-likeness (QED) is 0.397. The highest BCUT2D eigenvalue weighted by Gasteiger charge is 2.42. The zero-order valence-electron chi connectivity index (χ0n) is 18.4. The number of hydrogen-bond donors (Lipinski definition) is 1. The Morgan fingerprint density at radius 1 is 1.31 bits per heavy atom. The van der Waals surface area contributed by atoms with E-state index in [9.17, 15) is 4.39 Å². The molecule has 1 aliphatic carbocycles. The number of nitrogens with two attached hydrogens (primary N) is 1. The molecule has 1 unspecified atom stereocenters. The minimum atomic E-state index is -1.11. The summed E-state index contributed by atoms with van der Waals surface area (Å²) in [7, 11) is 1.62. The number of thiazole rings is 1. The van der Waals surface area contributed by atoms with Gasteiger partial charge < -0.3 is 10.5 Å². The number of hydrogen-bond acceptors (Lipinski definition) is 4. The van der Waals surface area contributed by atoms with Crippen molar-refractivity contribution in [2.45, 2.75) is 44.6 Å². The second-order valence-electron chi connectivity index (χ2n) is 8.52. The number of aromatic nitrogens is 1. The van der Waals surface area contributed by atoms with E-state index in [-0.39, 0.29) is 11.7 Å². The first-order valence-electron chi connectivity index (χ1n) is 10.6. The molecule has 1 fully saturated rings. The average Bonchev–Trinajstić information content (AvgIpc) is 3.53. The molecule has 0 radical (unpaired) electrons. The van der Waals surface area contributed by atoms with Crippen LogP contribution in [0.2, 0.25) is 5.02 Å². The maximum atomic E-state index is 13.6. The first kappa shape index (κ1) is 22.8. The minimum absolute atomic E-state index is 0.160. The van der Waals surface area contributed by atoms with Gasteiger partial charge in [0.15, 0.2) is 0 Å². The van der Waals surface area contributed by atoms with E-state index in [2.05, 4.69) is 5.92 Å². The van der Waals surface area contributed by atoms with E-state index in [0.29, 0.717) is 15.9 Å². The van der Waals surface area contributed by atoms with Gasteiger partial charge in [0.1, 0.15) is 22.1 Å². The Morgan fingerprint density at radius 3 is 2.59 bits per heavy atom. The lowest BCUT2D eigenvalue weighted by molar-refractivity contribution is 0.409. The number of halogens is 2. The van der Waals surface area contributed by atoms with Gasteiger partial charge in [-0.15, -0.1) is 17.8 Å². The summed E-state index contributed by atoms with van der Waals surface area (Å²) in [5.74, 6) is 3.73. The van der Waals surface area contributed by atoms with Crippen LogP contribution in [0.1, 0.15) is 46.2 Å². The molecule has 3 aromatic rings. The fraction of sp³-hybridized carbons (Fsp3) is 0.346. The molecule has 0 bridgehead atoms. The number of terminal acetylenes is 1. The zero-order valence-corrected chi connectivity index (χ0v) is 20.0. The van der Waals surface area contributed by atoms with Gasteiger partial charge in [0.2, 0.25) is 0 Å². The van der Waals surface area contributed by atoms with E-state index in [1.165, 1.54) is 36.3 Å². The Morgan fingerprint density at radius 2 is 2.00 bits per heavy atom. The molecule has 1 saturated carbocycles. The maximum Gasteiger partial charge on any atom is 0.136 e. The van der Waals surface area contributed by atoms with Crippen LogP contribution < -0.4 is 10.5 Å². The Kier molecular flexibility index (Phi) is 6.31. The Bertz CT molecular complexity index is 1180. The van der Waals surface area contributed by atoms with Gasteiger partial charge >= 0.3 is 0 Å². The summed E-state index contributed by atoms with van der Waals surface area (Å²) < 4.78 is 19.0. The van der Waals surface area contributed by atoms with Gasteiger partial charge in [-0.1, -0.05) is 42.5 Å². The highest BCUT2D eigenvalue weighted by atomic mass is 35.5. The van der Waals surface area contributed by atoms with E-state index in [0.717, 1.165) is 39.4 Å². The van der Waals surface area contributed by atoms with E-state index in [1.807, 2.05) is 19.9 Å². The molecule has 2 aromatic carbocycles. The summed E-state index contributed by atoms with van der Waals surface area (Å²) in [6.45, 7) is 3.97. The van der Waals surface area contributed by atoms with Crippen LogP contribution in [0.15, 0.2) is 36.4 Å². The van der Waals surface area contributed by atoms with Crippen LogP contribution in [0, 0.1) is 37.9 Å². The first-order chi connectivity index (χ1) is 15.3. The van der Waals surface area contributed by atoms with Crippen LogP contribution in [-0.2, 0) is 5.54 Å². The predicted molar refractivity (Wildman–Crippen MR) is 130 cm³/mol. The largest absolute Gasteiger partial charge is 0.496 e. The maximum absolute atomic E-state index is 13.6. The van der Waals surface area contributed by atoms with Crippen molar-refractivity contribution in [3.63, 3.8) is 0 Å². The molecule has 0 aliphatic heterocycles. The topological polar surface area (TPSA) is 48.1 Å². The molecule has 166 valence electrons. The third kappa shape index (κ3) is 4.28. The summed E-state index contributed by atoms with van der Waals surface area (Å²) in [5.41, 5.74) is 9.34. The van der Waals surface area contributed by atoms with Crippen LogP contribution in [0.4, 0.5) is 4.39 Å². The molecule has 6 heteroatoms. The molecular formula is C26H26ClFN2OS. The number of nitrogens with zero attached hydrogens (tertiary/aromatic N) is 1. The molecule has 3 nitrogen and oxygen atoms in total. The first-order valence-corrected chi connectivity index (χ1v) is 11.8. The number of methoxy groups -OCH3 is 1. The molecule has 0 amide bonds. The normalized spacial score (nSPS) is 16.3. The fourth-order valence-corrected chi connectivity index (χ4v) is 5.46. The standard InChI is InChI=1S/C26H26ClFN2OS/c1-5-26(29,21(13-17-6-7-17)18-8-10-19(28)11-9-18)25-30-24(16(3)32-25)20-12-15(2)23(31-4)14-22(20)27/h1,8-12,14,17,21H,6-7,13,29H2,2-4H3/t21-,26?/m0/s1. The lowest BCUT2D eigenvalue weighted by Gasteiger charge is -2.32. The molecule has 0 spiro atoms. The highest BCUT2D eigenvalue weighted by Crippen LogP contribution is 2.47. The number of rotatable bonds is 7. The Labute approximate surface area is 197 Å². The predicted octanol–water partition coefficient (Wildman–Crippen LogP) is 6.60. The van der Waals surface area contributed by atoms with Gasteiger partial charge in [0, 0.05) is 16.4 Å². The average molecular weight is 469 g/mol. The third-order valence-corrected chi connectivity index (χ3v) is 7.65. The van der Waals surface area contributed by atoms with Crippen molar-refractivity contribution < 1.29 is 9.13 Å². The summed E-state index contributed by atoms with van der Waals surface area (Å²) >= 11 is 8.07. The molecule has 2 N–H and O–H groups in total. The van der Waals surface area contributed by atoms with Crippen molar-refractivity contribution in [2.24, 2.45) is 11.7 Å². The number of aryl methyl sites for hydroxylation is 2. The van der Waals surface area contributed by atoms with Crippen molar-refractivity contribution in [1.82, 2.24) is 4.98 Å². The molecule has 2 atom stereocenters. The molecule has 4 rings (SSSR count). The van der Waals surface area contributed by atoms with Crippen LogP contribution in [0.25, 0.3) is 11.3 Å². The lowest BCUT2D eigenvalue weighted by atomic mass is 9.77. The van der Waals surface area contributed by atoms with Crippen LogP contribution in [0.5, 0.6) is 5.75 Å². The Balaban J connectivity index is 1.79.